The van der Waals surface area contributed by atoms with E-state index in [1.165, 1.54) is 7.11 Å². The van der Waals surface area contributed by atoms with Crippen LogP contribution in [0.5, 0.6) is 0 Å². The standard InChI is InChI=1S/C18H19BrO4/c1-21-12-23-17(14-6-4-3-5-7-14)16(18(20)22-2)13-8-10-15(19)11-9-13/h3-11,16-17H,12H2,1-2H3/t16-,17-/m0/s1. The third kappa shape index (κ3) is 4.64. The number of hydrogen-bond acceptors (Lipinski definition) is 4. The Kier molecular flexibility index (Phi) is 6.77. The van der Waals surface area contributed by atoms with Gasteiger partial charge in [-0.05, 0) is 23.3 Å². The lowest BCUT2D eigenvalue weighted by atomic mass is 9.89. The number of halogens is 1. The fraction of sp³-hybridized carbons (Fsp3) is 0.278. The largest absolute Gasteiger partial charge is 0.468 e. The Labute approximate surface area is 144 Å². The molecule has 0 spiro atoms. The summed E-state index contributed by atoms with van der Waals surface area (Å²) in [6.45, 7) is 0.0869. The van der Waals surface area contributed by atoms with E-state index in [-0.39, 0.29) is 12.8 Å². The van der Waals surface area contributed by atoms with E-state index in [9.17, 15) is 4.79 Å². The summed E-state index contributed by atoms with van der Waals surface area (Å²) in [5.74, 6) is -0.928. The third-order valence-electron chi connectivity index (χ3n) is 3.48. The Morgan fingerprint density at radius 1 is 1.00 bits per heavy atom. The van der Waals surface area contributed by atoms with Crippen LogP contribution in [0.25, 0.3) is 0 Å². The number of ether oxygens (including phenoxy) is 3. The van der Waals surface area contributed by atoms with E-state index in [0.29, 0.717) is 0 Å². The maximum atomic E-state index is 12.4. The summed E-state index contributed by atoms with van der Waals surface area (Å²) >= 11 is 3.41. The van der Waals surface area contributed by atoms with Crippen molar-refractivity contribution >= 4 is 21.9 Å². The van der Waals surface area contributed by atoms with Gasteiger partial charge in [-0.15, -0.1) is 0 Å². The van der Waals surface area contributed by atoms with Gasteiger partial charge in [-0.25, -0.2) is 0 Å². The number of methoxy groups -OCH3 is 2. The molecule has 2 aromatic carbocycles. The van der Waals surface area contributed by atoms with Crippen molar-refractivity contribution in [1.29, 1.82) is 0 Å². The van der Waals surface area contributed by atoms with Crippen LogP contribution in [0.15, 0.2) is 59.1 Å². The highest BCUT2D eigenvalue weighted by Crippen LogP contribution is 2.35. The molecule has 4 nitrogen and oxygen atoms in total. The second-order valence-corrected chi connectivity index (χ2v) is 5.87. The number of carbonyl (C=O) groups excluding carboxylic acids is 1. The molecule has 0 bridgehead atoms. The van der Waals surface area contributed by atoms with Gasteiger partial charge >= 0.3 is 5.97 Å². The topological polar surface area (TPSA) is 44.8 Å². The molecule has 122 valence electrons. The van der Waals surface area contributed by atoms with Gasteiger partial charge in [0.2, 0.25) is 0 Å². The summed E-state index contributed by atoms with van der Waals surface area (Å²) in [6, 6.07) is 17.2. The maximum Gasteiger partial charge on any atom is 0.316 e. The van der Waals surface area contributed by atoms with Gasteiger partial charge in [0.25, 0.3) is 0 Å². The Balaban J connectivity index is 2.43. The smallest absolute Gasteiger partial charge is 0.316 e. The molecule has 23 heavy (non-hydrogen) atoms. The molecular formula is C18H19BrO4. The molecule has 2 atom stereocenters. The lowest BCUT2D eigenvalue weighted by Crippen LogP contribution is -2.24. The van der Waals surface area contributed by atoms with Crippen LogP contribution in [-0.2, 0) is 19.0 Å². The number of esters is 1. The minimum atomic E-state index is -0.578. The first-order chi connectivity index (χ1) is 11.2. The highest BCUT2D eigenvalue weighted by Gasteiger charge is 2.33. The predicted molar refractivity (Wildman–Crippen MR) is 91.0 cm³/mol. The van der Waals surface area contributed by atoms with E-state index in [1.54, 1.807) is 7.11 Å². The van der Waals surface area contributed by atoms with E-state index in [1.807, 2.05) is 54.6 Å². The Bertz CT molecular complexity index is 613. The lowest BCUT2D eigenvalue weighted by molar-refractivity contribution is -0.150. The fourth-order valence-corrected chi connectivity index (χ4v) is 2.66. The fourth-order valence-electron chi connectivity index (χ4n) is 2.40. The first-order valence-electron chi connectivity index (χ1n) is 7.16. The minimum Gasteiger partial charge on any atom is -0.468 e. The predicted octanol–water partition coefficient (Wildman–Crippen LogP) is 4.07. The van der Waals surface area contributed by atoms with Crippen LogP contribution >= 0.6 is 15.9 Å². The Morgan fingerprint density at radius 2 is 1.65 bits per heavy atom. The first-order valence-corrected chi connectivity index (χ1v) is 7.95. The quantitative estimate of drug-likeness (QED) is 0.538. The van der Waals surface area contributed by atoms with Gasteiger partial charge in [0.15, 0.2) is 0 Å². The van der Waals surface area contributed by atoms with Gasteiger partial charge in [-0.2, -0.15) is 0 Å². The maximum absolute atomic E-state index is 12.4. The highest BCUT2D eigenvalue weighted by atomic mass is 79.9. The molecule has 2 aromatic rings. The Morgan fingerprint density at radius 3 is 2.22 bits per heavy atom. The van der Waals surface area contributed by atoms with Crippen molar-refractivity contribution < 1.29 is 19.0 Å². The molecule has 0 saturated heterocycles. The summed E-state index contributed by atoms with van der Waals surface area (Å²) in [7, 11) is 2.93. The molecule has 2 rings (SSSR count). The van der Waals surface area contributed by atoms with Crippen molar-refractivity contribution in [3.8, 4) is 0 Å². The molecule has 0 saturated carbocycles. The van der Waals surface area contributed by atoms with Crippen LogP contribution in [0.4, 0.5) is 0 Å². The zero-order valence-corrected chi connectivity index (χ0v) is 14.7. The zero-order chi connectivity index (χ0) is 16.7. The normalized spacial score (nSPS) is 13.3. The van der Waals surface area contributed by atoms with Gasteiger partial charge in [0.05, 0.1) is 7.11 Å². The number of benzene rings is 2. The molecule has 0 aliphatic heterocycles. The summed E-state index contributed by atoms with van der Waals surface area (Å²) in [6.07, 6.45) is -0.496. The van der Waals surface area contributed by atoms with Crippen LogP contribution in [0, 0.1) is 0 Å². The molecule has 0 heterocycles. The van der Waals surface area contributed by atoms with Gasteiger partial charge in [0, 0.05) is 11.6 Å². The summed E-state index contributed by atoms with van der Waals surface area (Å²) < 4.78 is 16.8. The van der Waals surface area contributed by atoms with Gasteiger partial charge < -0.3 is 14.2 Å². The van der Waals surface area contributed by atoms with Crippen molar-refractivity contribution in [2.45, 2.75) is 12.0 Å². The van der Waals surface area contributed by atoms with Gasteiger partial charge in [0.1, 0.15) is 18.8 Å². The summed E-state index contributed by atoms with van der Waals surface area (Å²) in [5.41, 5.74) is 1.72. The molecule has 5 heteroatoms. The Hall–Kier alpha value is -1.69. The molecule has 0 amide bonds. The minimum absolute atomic E-state index is 0.0869. The van der Waals surface area contributed by atoms with E-state index in [0.717, 1.165) is 15.6 Å². The number of carbonyl (C=O) groups is 1. The molecule has 0 aliphatic rings. The van der Waals surface area contributed by atoms with Crippen molar-refractivity contribution in [1.82, 2.24) is 0 Å². The first kappa shape index (κ1) is 17.7. The molecule has 0 unspecified atom stereocenters. The average Bonchev–Trinajstić information content (AvgIpc) is 2.60. The van der Waals surface area contributed by atoms with Crippen LogP contribution in [0.3, 0.4) is 0 Å². The number of hydrogen-bond donors (Lipinski definition) is 0. The summed E-state index contributed by atoms with van der Waals surface area (Å²) in [4.78, 5) is 12.4. The van der Waals surface area contributed by atoms with E-state index in [2.05, 4.69) is 15.9 Å². The van der Waals surface area contributed by atoms with Crippen molar-refractivity contribution in [2.75, 3.05) is 21.0 Å². The van der Waals surface area contributed by atoms with Crippen LogP contribution in [-0.4, -0.2) is 27.0 Å². The van der Waals surface area contributed by atoms with Gasteiger partial charge in [-0.1, -0.05) is 58.4 Å². The monoisotopic (exact) mass is 378 g/mol. The van der Waals surface area contributed by atoms with Gasteiger partial charge in [-0.3, -0.25) is 4.79 Å². The summed E-state index contributed by atoms with van der Waals surface area (Å²) in [5, 5.41) is 0. The molecule has 0 N–H and O–H groups in total. The average molecular weight is 379 g/mol. The number of rotatable bonds is 7. The highest BCUT2D eigenvalue weighted by molar-refractivity contribution is 9.10. The second kappa shape index (κ2) is 8.82. The van der Waals surface area contributed by atoms with Crippen molar-refractivity contribution in [2.24, 2.45) is 0 Å². The van der Waals surface area contributed by atoms with E-state index < -0.39 is 12.0 Å². The van der Waals surface area contributed by atoms with E-state index in [4.69, 9.17) is 14.2 Å². The molecule has 0 radical (unpaired) electrons. The van der Waals surface area contributed by atoms with Crippen LogP contribution in [0.1, 0.15) is 23.1 Å². The molecule has 0 fully saturated rings. The third-order valence-corrected chi connectivity index (χ3v) is 4.01. The zero-order valence-electron chi connectivity index (χ0n) is 13.1. The molecule has 0 aliphatic carbocycles. The van der Waals surface area contributed by atoms with Crippen molar-refractivity contribution in [3.05, 3.63) is 70.2 Å². The lowest BCUT2D eigenvalue weighted by Gasteiger charge is -2.26. The van der Waals surface area contributed by atoms with Crippen LogP contribution < -0.4 is 0 Å². The van der Waals surface area contributed by atoms with E-state index >= 15 is 0 Å². The second-order valence-electron chi connectivity index (χ2n) is 4.96. The molecular weight excluding hydrogens is 360 g/mol. The SMILES string of the molecule is COCO[C@@H](c1ccccc1)[C@@H](C(=O)OC)c1ccc(Br)cc1. The van der Waals surface area contributed by atoms with Crippen molar-refractivity contribution in [3.63, 3.8) is 0 Å². The van der Waals surface area contributed by atoms with Crippen LogP contribution in [0.2, 0.25) is 0 Å². The molecule has 0 aromatic heterocycles.